The third-order valence-electron chi connectivity index (χ3n) is 2.98. The maximum atomic E-state index is 11.1. The van der Waals surface area contributed by atoms with Crippen molar-refractivity contribution in [2.75, 3.05) is 11.9 Å². The van der Waals surface area contributed by atoms with Crippen molar-refractivity contribution in [1.29, 1.82) is 0 Å². The van der Waals surface area contributed by atoms with E-state index >= 15 is 0 Å². The lowest BCUT2D eigenvalue weighted by Crippen LogP contribution is -2.10. The van der Waals surface area contributed by atoms with Gasteiger partial charge >= 0.3 is 5.97 Å². The SMILES string of the molecule is CC(C)CCCCNc1c(C(=O)O)cccc1[N+](=O)[O-]. The first kappa shape index (κ1) is 15.9. The molecule has 0 fully saturated rings. The van der Waals surface area contributed by atoms with Gasteiger partial charge < -0.3 is 10.4 Å². The van der Waals surface area contributed by atoms with Crippen LogP contribution < -0.4 is 5.32 Å². The van der Waals surface area contributed by atoms with Crippen LogP contribution in [0.3, 0.4) is 0 Å². The molecule has 0 aliphatic rings. The minimum atomic E-state index is -1.17. The number of nitro groups is 1. The summed E-state index contributed by atoms with van der Waals surface area (Å²) in [6.45, 7) is 4.80. The Balaban J connectivity index is 2.76. The molecule has 0 radical (unpaired) electrons. The summed E-state index contributed by atoms with van der Waals surface area (Å²) >= 11 is 0. The van der Waals surface area contributed by atoms with E-state index in [-0.39, 0.29) is 16.9 Å². The summed E-state index contributed by atoms with van der Waals surface area (Å²) in [6.07, 6.45) is 2.95. The van der Waals surface area contributed by atoms with Crippen molar-refractivity contribution in [1.82, 2.24) is 0 Å². The van der Waals surface area contributed by atoms with Crippen molar-refractivity contribution in [2.24, 2.45) is 5.92 Å². The molecule has 1 aromatic carbocycles. The number of nitro benzene ring substituents is 1. The predicted octanol–water partition coefficient (Wildman–Crippen LogP) is 3.53. The first-order chi connectivity index (χ1) is 9.43. The number of para-hydroxylation sites is 1. The van der Waals surface area contributed by atoms with Crippen LogP contribution in [0, 0.1) is 16.0 Å². The summed E-state index contributed by atoms with van der Waals surface area (Å²) < 4.78 is 0. The van der Waals surface area contributed by atoms with E-state index < -0.39 is 10.9 Å². The number of carboxylic acids is 1. The molecule has 2 N–H and O–H groups in total. The van der Waals surface area contributed by atoms with E-state index in [0.29, 0.717) is 12.5 Å². The molecule has 0 saturated heterocycles. The van der Waals surface area contributed by atoms with Crippen LogP contribution in [0.4, 0.5) is 11.4 Å². The summed E-state index contributed by atoms with van der Waals surface area (Å²) in [4.78, 5) is 21.5. The van der Waals surface area contributed by atoms with Gasteiger partial charge in [-0.25, -0.2) is 4.79 Å². The number of anilines is 1. The molecule has 0 atom stereocenters. The molecule has 6 nitrogen and oxygen atoms in total. The molecule has 1 aromatic rings. The van der Waals surface area contributed by atoms with E-state index in [0.717, 1.165) is 19.3 Å². The number of rotatable bonds is 8. The monoisotopic (exact) mass is 280 g/mol. The van der Waals surface area contributed by atoms with Gasteiger partial charge in [-0.05, 0) is 18.4 Å². The van der Waals surface area contributed by atoms with Gasteiger partial charge in [0, 0.05) is 12.6 Å². The van der Waals surface area contributed by atoms with Crippen LogP contribution in [0.25, 0.3) is 0 Å². The summed E-state index contributed by atoms with van der Waals surface area (Å²) in [5, 5.41) is 22.9. The van der Waals surface area contributed by atoms with Crippen LogP contribution in [0.1, 0.15) is 43.5 Å². The van der Waals surface area contributed by atoms with Crippen LogP contribution in [0.2, 0.25) is 0 Å². The molecule has 0 aliphatic heterocycles. The highest BCUT2D eigenvalue weighted by atomic mass is 16.6. The van der Waals surface area contributed by atoms with Crippen molar-refractivity contribution in [3.05, 3.63) is 33.9 Å². The number of unbranched alkanes of at least 4 members (excludes halogenated alkanes) is 1. The smallest absolute Gasteiger partial charge is 0.338 e. The Morgan fingerprint density at radius 2 is 2.10 bits per heavy atom. The summed E-state index contributed by atoms with van der Waals surface area (Å²) in [5.74, 6) is -0.547. The Labute approximate surface area is 118 Å². The molecule has 6 heteroatoms. The molecule has 0 saturated carbocycles. The third-order valence-corrected chi connectivity index (χ3v) is 2.98. The van der Waals surface area contributed by atoms with Gasteiger partial charge in [-0.2, -0.15) is 0 Å². The summed E-state index contributed by atoms with van der Waals surface area (Å²) in [5.41, 5.74) is -0.175. The predicted molar refractivity (Wildman–Crippen MR) is 77.2 cm³/mol. The number of nitrogens with zero attached hydrogens (tertiary/aromatic N) is 1. The zero-order chi connectivity index (χ0) is 15.1. The quantitative estimate of drug-likeness (QED) is 0.431. The highest BCUT2D eigenvalue weighted by Crippen LogP contribution is 2.28. The van der Waals surface area contributed by atoms with Crippen molar-refractivity contribution in [3.8, 4) is 0 Å². The lowest BCUT2D eigenvalue weighted by molar-refractivity contribution is -0.384. The van der Waals surface area contributed by atoms with E-state index in [1.54, 1.807) is 0 Å². The fraction of sp³-hybridized carbons (Fsp3) is 0.500. The number of hydrogen-bond donors (Lipinski definition) is 2. The zero-order valence-electron chi connectivity index (χ0n) is 11.8. The Morgan fingerprint density at radius 1 is 1.40 bits per heavy atom. The van der Waals surface area contributed by atoms with Crippen molar-refractivity contribution in [3.63, 3.8) is 0 Å². The first-order valence-electron chi connectivity index (χ1n) is 6.68. The van der Waals surface area contributed by atoms with E-state index in [4.69, 9.17) is 5.11 Å². The third kappa shape index (κ3) is 4.53. The maximum Gasteiger partial charge on any atom is 0.338 e. The lowest BCUT2D eigenvalue weighted by atomic mass is 10.1. The fourth-order valence-corrected chi connectivity index (χ4v) is 1.95. The summed E-state index contributed by atoms with van der Waals surface area (Å²) in [6, 6.07) is 4.06. The normalized spacial score (nSPS) is 10.6. The number of aromatic carboxylic acids is 1. The molecule has 0 spiro atoms. The van der Waals surface area contributed by atoms with Gasteiger partial charge in [-0.1, -0.05) is 32.8 Å². The molecule has 1 rings (SSSR count). The van der Waals surface area contributed by atoms with Crippen molar-refractivity contribution >= 4 is 17.3 Å². The molecular formula is C14H20N2O4. The molecule has 0 unspecified atom stereocenters. The second kappa shape index (κ2) is 7.47. The largest absolute Gasteiger partial charge is 0.478 e. The number of carboxylic acid groups (broad SMARTS) is 1. The Morgan fingerprint density at radius 3 is 2.65 bits per heavy atom. The Kier molecular flexibility index (Phi) is 5.96. The fourth-order valence-electron chi connectivity index (χ4n) is 1.95. The van der Waals surface area contributed by atoms with Crippen LogP contribution in [-0.4, -0.2) is 22.5 Å². The number of hydrogen-bond acceptors (Lipinski definition) is 4. The molecule has 0 bridgehead atoms. The van der Waals surface area contributed by atoms with E-state index in [9.17, 15) is 14.9 Å². The first-order valence-corrected chi connectivity index (χ1v) is 6.68. The van der Waals surface area contributed by atoms with Gasteiger partial charge in [0.05, 0.1) is 10.5 Å². The summed E-state index contributed by atoms with van der Waals surface area (Å²) in [7, 11) is 0. The second-order valence-electron chi connectivity index (χ2n) is 5.08. The molecule has 0 amide bonds. The second-order valence-corrected chi connectivity index (χ2v) is 5.08. The molecule has 0 aromatic heterocycles. The van der Waals surface area contributed by atoms with Gasteiger partial charge in [0.15, 0.2) is 0 Å². The minimum absolute atomic E-state index is 0.0666. The van der Waals surface area contributed by atoms with Gasteiger partial charge in [0.1, 0.15) is 5.69 Å². The molecular weight excluding hydrogens is 260 g/mol. The van der Waals surface area contributed by atoms with Crippen LogP contribution in [0.5, 0.6) is 0 Å². The van der Waals surface area contributed by atoms with Gasteiger partial charge in [-0.15, -0.1) is 0 Å². The number of benzene rings is 1. The van der Waals surface area contributed by atoms with Gasteiger partial charge in [0.25, 0.3) is 5.69 Å². The molecule has 20 heavy (non-hydrogen) atoms. The molecule has 0 aliphatic carbocycles. The highest BCUT2D eigenvalue weighted by Gasteiger charge is 2.20. The van der Waals surface area contributed by atoms with Crippen molar-refractivity contribution < 1.29 is 14.8 Å². The van der Waals surface area contributed by atoms with Crippen molar-refractivity contribution in [2.45, 2.75) is 33.1 Å². The van der Waals surface area contributed by atoms with E-state index in [2.05, 4.69) is 19.2 Å². The number of carbonyl (C=O) groups is 1. The van der Waals surface area contributed by atoms with Gasteiger partial charge in [0.2, 0.25) is 0 Å². The number of nitrogens with one attached hydrogen (secondary N) is 1. The standard InChI is InChI=1S/C14H20N2O4/c1-10(2)6-3-4-9-15-13-11(14(17)18)7-5-8-12(13)16(19)20/h5,7-8,10,15H,3-4,6,9H2,1-2H3,(H,17,18). The van der Waals surface area contributed by atoms with E-state index in [1.165, 1.54) is 18.2 Å². The zero-order valence-corrected chi connectivity index (χ0v) is 11.8. The Bertz CT molecular complexity index is 454. The maximum absolute atomic E-state index is 11.1. The topological polar surface area (TPSA) is 92.5 Å². The highest BCUT2D eigenvalue weighted by molar-refractivity contribution is 5.96. The van der Waals surface area contributed by atoms with Crippen LogP contribution in [0.15, 0.2) is 18.2 Å². The van der Waals surface area contributed by atoms with E-state index in [1.807, 2.05) is 0 Å². The molecule has 0 heterocycles. The average Bonchev–Trinajstić information content (AvgIpc) is 2.37. The minimum Gasteiger partial charge on any atom is -0.478 e. The van der Waals surface area contributed by atoms with Crippen LogP contribution >= 0.6 is 0 Å². The lowest BCUT2D eigenvalue weighted by Gasteiger charge is -2.10. The van der Waals surface area contributed by atoms with Crippen LogP contribution in [-0.2, 0) is 0 Å². The Hall–Kier alpha value is -2.11. The molecule has 110 valence electrons. The average molecular weight is 280 g/mol. The van der Waals surface area contributed by atoms with Gasteiger partial charge in [-0.3, -0.25) is 10.1 Å².